The topological polar surface area (TPSA) is 50.8 Å². The molecule has 0 aliphatic carbocycles. The lowest BCUT2D eigenvalue weighted by atomic mass is 10.1. The Morgan fingerprint density at radius 2 is 2.16 bits per heavy atom. The van der Waals surface area contributed by atoms with E-state index in [0.29, 0.717) is 38.8 Å². The molecule has 2 fully saturated rings. The number of morpholine rings is 1. The molecule has 2 aliphatic rings. The van der Waals surface area contributed by atoms with Gasteiger partial charge in [-0.15, -0.1) is 0 Å². The van der Waals surface area contributed by atoms with Gasteiger partial charge in [0.2, 0.25) is 5.91 Å². The standard InChI is InChI=1S/C14H26N2O3/c1-14(2)11-16(8-10-19-14)13(17)5-9-18-12-3-6-15-7-4-12/h12,15H,3-11H2,1-2H3. The zero-order valence-corrected chi connectivity index (χ0v) is 12.1. The van der Waals surface area contributed by atoms with E-state index in [1.165, 1.54) is 0 Å². The van der Waals surface area contributed by atoms with Crippen molar-refractivity contribution in [3.05, 3.63) is 0 Å². The number of carbonyl (C=O) groups excluding carboxylic acids is 1. The predicted octanol–water partition coefficient (Wildman–Crippen LogP) is 0.783. The van der Waals surface area contributed by atoms with Crippen molar-refractivity contribution in [2.75, 3.05) is 39.4 Å². The summed E-state index contributed by atoms with van der Waals surface area (Å²) in [5.41, 5.74) is -0.218. The summed E-state index contributed by atoms with van der Waals surface area (Å²) in [6, 6.07) is 0. The third-order valence-corrected chi connectivity index (χ3v) is 3.73. The summed E-state index contributed by atoms with van der Waals surface area (Å²) < 4.78 is 11.4. The maximum Gasteiger partial charge on any atom is 0.225 e. The summed E-state index contributed by atoms with van der Waals surface area (Å²) >= 11 is 0. The number of nitrogens with zero attached hydrogens (tertiary/aromatic N) is 1. The molecular weight excluding hydrogens is 244 g/mol. The number of piperidine rings is 1. The Hall–Kier alpha value is -0.650. The van der Waals surface area contributed by atoms with Crippen LogP contribution < -0.4 is 5.32 Å². The van der Waals surface area contributed by atoms with Crippen LogP contribution in [0.25, 0.3) is 0 Å². The second-order valence-corrected chi connectivity index (χ2v) is 5.99. The van der Waals surface area contributed by atoms with Crippen molar-refractivity contribution < 1.29 is 14.3 Å². The first-order chi connectivity index (χ1) is 9.07. The Morgan fingerprint density at radius 1 is 1.42 bits per heavy atom. The van der Waals surface area contributed by atoms with E-state index >= 15 is 0 Å². The molecule has 2 saturated heterocycles. The van der Waals surface area contributed by atoms with Crippen LogP contribution in [0.5, 0.6) is 0 Å². The number of ether oxygens (including phenoxy) is 2. The zero-order chi connectivity index (χ0) is 13.7. The van der Waals surface area contributed by atoms with Crippen LogP contribution in [-0.2, 0) is 14.3 Å². The Kier molecular flexibility index (Phi) is 5.19. The van der Waals surface area contributed by atoms with Gasteiger partial charge in [-0.1, -0.05) is 0 Å². The number of hydrogen-bond acceptors (Lipinski definition) is 4. The average molecular weight is 270 g/mol. The monoisotopic (exact) mass is 270 g/mol. The number of nitrogens with one attached hydrogen (secondary N) is 1. The van der Waals surface area contributed by atoms with Crippen LogP contribution in [0.3, 0.4) is 0 Å². The first-order valence-electron chi connectivity index (χ1n) is 7.31. The molecule has 0 atom stereocenters. The third-order valence-electron chi connectivity index (χ3n) is 3.73. The van der Waals surface area contributed by atoms with Crippen LogP contribution in [0.1, 0.15) is 33.1 Å². The molecule has 2 aliphatic heterocycles. The molecule has 1 amide bonds. The van der Waals surface area contributed by atoms with Gasteiger partial charge >= 0.3 is 0 Å². The maximum absolute atomic E-state index is 12.1. The third kappa shape index (κ3) is 4.75. The first kappa shape index (κ1) is 14.8. The van der Waals surface area contributed by atoms with Gasteiger partial charge in [0, 0.05) is 13.1 Å². The lowest BCUT2D eigenvalue weighted by molar-refractivity contribution is -0.147. The summed E-state index contributed by atoms with van der Waals surface area (Å²) in [5, 5.41) is 3.31. The number of rotatable bonds is 4. The summed E-state index contributed by atoms with van der Waals surface area (Å²) in [5.74, 6) is 0.185. The van der Waals surface area contributed by atoms with Crippen LogP contribution in [0.15, 0.2) is 0 Å². The van der Waals surface area contributed by atoms with Gasteiger partial charge in [0.05, 0.1) is 31.3 Å². The van der Waals surface area contributed by atoms with E-state index in [1.807, 2.05) is 18.7 Å². The fraction of sp³-hybridized carbons (Fsp3) is 0.929. The Bertz CT molecular complexity index is 301. The van der Waals surface area contributed by atoms with Crippen molar-refractivity contribution in [3.8, 4) is 0 Å². The van der Waals surface area contributed by atoms with Gasteiger partial charge in [0.1, 0.15) is 0 Å². The van der Waals surface area contributed by atoms with E-state index < -0.39 is 0 Å². The molecule has 1 N–H and O–H groups in total. The highest BCUT2D eigenvalue weighted by Gasteiger charge is 2.29. The number of hydrogen-bond donors (Lipinski definition) is 1. The first-order valence-corrected chi connectivity index (χ1v) is 7.31. The number of amides is 1. The van der Waals surface area contributed by atoms with Crippen LogP contribution in [0, 0.1) is 0 Å². The molecular formula is C14H26N2O3. The molecule has 0 aromatic rings. The molecule has 19 heavy (non-hydrogen) atoms. The Labute approximate surface area is 115 Å². The van der Waals surface area contributed by atoms with Gasteiger partial charge in [0.15, 0.2) is 0 Å². The van der Waals surface area contributed by atoms with Crippen molar-refractivity contribution >= 4 is 5.91 Å². The minimum Gasteiger partial charge on any atom is -0.378 e. The molecule has 0 bridgehead atoms. The normalized spacial score (nSPS) is 24.4. The molecule has 0 spiro atoms. The van der Waals surface area contributed by atoms with Crippen molar-refractivity contribution in [1.29, 1.82) is 0 Å². The van der Waals surface area contributed by atoms with E-state index in [0.717, 1.165) is 25.9 Å². The highest BCUT2D eigenvalue weighted by atomic mass is 16.5. The highest BCUT2D eigenvalue weighted by Crippen LogP contribution is 2.17. The van der Waals surface area contributed by atoms with Crippen molar-refractivity contribution in [1.82, 2.24) is 10.2 Å². The van der Waals surface area contributed by atoms with Gasteiger partial charge in [-0.05, 0) is 39.8 Å². The van der Waals surface area contributed by atoms with Gasteiger partial charge in [-0.3, -0.25) is 4.79 Å². The molecule has 5 nitrogen and oxygen atoms in total. The molecule has 0 unspecified atom stereocenters. The molecule has 2 rings (SSSR count). The largest absolute Gasteiger partial charge is 0.378 e. The molecule has 0 aromatic heterocycles. The van der Waals surface area contributed by atoms with Gasteiger partial charge in [0.25, 0.3) is 0 Å². The van der Waals surface area contributed by atoms with Crippen molar-refractivity contribution in [2.24, 2.45) is 0 Å². The highest BCUT2D eigenvalue weighted by molar-refractivity contribution is 5.76. The second-order valence-electron chi connectivity index (χ2n) is 5.99. The molecule has 0 aromatic carbocycles. The Morgan fingerprint density at radius 3 is 2.84 bits per heavy atom. The summed E-state index contributed by atoms with van der Waals surface area (Å²) in [6.07, 6.45) is 2.92. The fourth-order valence-electron chi connectivity index (χ4n) is 2.66. The predicted molar refractivity (Wildman–Crippen MR) is 73.1 cm³/mol. The molecule has 5 heteroatoms. The minimum absolute atomic E-state index is 0.185. The lowest BCUT2D eigenvalue weighted by Crippen LogP contribution is -2.50. The van der Waals surface area contributed by atoms with Gasteiger partial charge in [-0.2, -0.15) is 0 Å². The molecule has 0 saturated carbocycles. The van der Waals surface area contributed by atoms with E-state index in [9.17, 15) is 4.79 Å². The van der Waals surface area contributed by atoms with Gasteiger partial charge in [-0.25, -0.2) is 0 Å². The quantitative estimate of drug-likeness (QED) is 0.820. The zero-order valence-electron chi connectivity index (χ0n) is 12.1. The minimum atomic E-state index is -0.218. The summed E-state index contributed by atoms with van der Waals surface area (Å²) in [4.78, 5) is 14.0. The van der Waals surface area contributed by atoms with Crippen molar-refractivity contribution in [2.45, 2.75) is 44.8 Å². The summed E-state index contributed by atoms with van der Waals surface area (Å²) in [7, 11) is 0. The fourth-order valence-corrected chi connectivity index (χ4v) is 2.66. The van der Waals surface area contributed by atoms with Crippen LogP contribution >= 0.6 is 0 Å². The van der Waals surface area contributed by atoms with Crippen LogP contribution in [-0.4, -0.2) is 61.9 Å². The Balaban J connectivity index is 1.66. The van der Waals surface area contributed by atoms with E-state index in [-0.39, 0.29) is 11.5 Å². The van der Waals surface area contributed by atoms with E-state index in [1.54, 1.807) is 0 Å². The summed E-state index contributed by atoms with van der Waals surface area (Å²) in [6.45, 7) is 8.66. The average Bonchev–Trinajstić information content (AvgIpc) is 2.38. The van der Waals surface area contributed by atoms with Crippen LogP contribution in [0.2, 0.25) is 0 Å². The van der Waals surface area contributed by atoms with E-state index in [2.05, 4.69) is 5.32 Å². The molecule has 110 valence electrons. The maximum atomic E-state index is 12.1. The number of carbonyl (C=O) groups is 1. The molecule has 0 radical (unpaired) electrons. The lowest BCUT2D eigenvalue weighted by Gasteiger charge is -2.38. The van der Waals surface area contributed by atoms with E-state index in [4.69, 9.17) is 9.47 Å². The second kappa shape index (κ2) is 6.68. The van der Waals surface area contributed by atoms with Crippen LogP contribution in [0.4, 0.5) is 0 Å². The van der Waals surface area contributed by atoms with Crippen molar-refractivity contribution in [3.63, 3.8) is 0 Å². The smallest absolute Gasteiger partial charge is 0.225 e. The molecule has 2 heterocycles. The SMILES string of the molecule is CC1(C)CN(C(=O)CCOC2CCNCC2)CCO1. The van der Waals surface area contributed by atoms with Gasteiger partial charge < -0.3 is 19.7 Å².